The Balaban J connectivity index is 2.34. The van der Waals surface area contributed by atoms with E-state index in [9.17, 15) is 4.79 Å². The van der Waals surface area contributed by atoms with Gasteiger partial charge in [0.15, 0.2) is 0 Å². The SMILES string of the molecule is CCNCCN1CCCCC1C(N)=O. The molecule has 1 rings (SSSR count). The molecule has 1 atom stereocenters. The molecule has 0 bridgehead atoms. The molecule has 82 valence electrons. The zero-order valence-electron chi connectivity index (χ0n) is 8.96. The van der Waals surface area contributed by atoms with E-state index in [0.717, 1.165) is 39.0 Å². The Morgan fingerprint density at radius 1 is 1.57 bits per heavy atom. The van der Waals surface area contributed by atoms with Gasteiger partial charge < -0.3 is 11.1 Å². The van der Waals surface area contributed by atoms with Crippen molar-refractivity contribution in [1.29, 1.82) is 0 Å². The van der Waals surface area contributed by atoms with Gasteiger partial charge in [-0.2, -0.15) is 0 Å². The van der Waals surface area contributed by atoms with Crippen molar-refractivity contribution >= 4 is 5.91 Å². The lowest BCUT2D eigenvalue weighted by molar-refractivity contribution is -0.124. The first-order valence-corrected chi connectivity index (χ1v) is 5.49. The minimum absolute atomic E-state index is 0.0255. The first kappa shape index (κ1) is 11.5. The zero-order chi connectivity index (χ0) is 10.4. The quantitative estimate of drug-likeness (QED) is 0.610. The van der Waals surface area contributed by atoms with E-state index in [2.05, 4.69) is 17.1 Å². The molecule has 0 aromatic heterocycles. The smallest absolute Gasteiger partial charge is 0.234 e. The maximum atomic E-state index is 11.2. The lowest BCUT2D eigenvalue weighted by Gasteiger charge is -2.33. The predicted molar refractivity (Wildman–Crippen MR) is 57.0 cm³/mol. The molecule has 0 radical (unpaired) electrons. The summed E-state index contributed by atoms with van der Waals surface area (Å²) in [5, 5.41) is 3.26. The summed E-state index contributed by atoms with van der Waals surface area (Å²) >= 11 is 0. The predicted octanol–water partition coefficient (Wildman–Crippen LogP) is -0.0643. The van der Waals surface area contributed by atoms with Crippen LogP contribution < -0.4 is 11.1 Å². The summed E-state index contributed by atoms with van der Waals surface area (Å²) in [4.78, 5) is 13.4. The molecule has 1 saturated heterocycles. The van der Waals surface area contributed by atoms with Crippen molar-refractivity contribution in [3.63, 3.8) is 0 Å². The highest BCUT2D eigenvalue weighted by molar-refractivity contribution is 5.79. The molecule has 1 amide bonds. The number of likely N-dealkylation sites (N-methyl/N-ethyl adjacent to an activating group) is 1. The molecule has 4 nitrogen and oxygen atoms in total. The third kappa shape index (κ3) is 3.27. The molecule has 0 aromatic carbocycles. The van der Waals surface area contributed by atoms with Crippen LogP contribution in [0.3, 0.4) is 0 Å². The largest absolute Gasteiger partial charge is 0.368 e. The number of piperidine rings is 1. The summed E-state index contributed by atoms with van der Waals surface area (Å²) in [6.07, 6.45) is 3.25. The van der Waals surface area contributed by atoms with Gasteiger partial charge in [-0.05, 0) is 25.9 Å². The molecule has 0 spiro atoms. The first-order chi connectivity index (χ1) is 6.75. The van der Waals surface area contributed by atoms with Gasteiger partial charge in [0.05, 0.1) is 6.04 Å². The summed E-state index contributed by atoms with van der Waals surface area (Å²) in [5.74, 6) is -0.166. The molecule has 4 heteroatoms. The highest BCUT2D eigenvalue weighted by Crippen LogP contribution is 2.15. The second kappa shape index (κ2) is 5.98. The zero-order valence-corrected chi connectivity index (χ0v) is 8.96. The highest BCUT2D eigenvalue weighted by atomic mass is 16.1. The lowest BCUT2D eigenvalue weighted by Crippen LogP contribution is -2.49. The number of hydrogen-bond acceptors (Lipinski definition) is 3. The number of nitrogens with zero attached hydrogens (tertiary/aromatic N) is 1. The average Bonchev–Trinajstić information content (AvgIpc) is 2.19. The number of carbonyl (C=O) groups excluding carboxylic acids is 1. The van der Waals surface area contributed by atoms with Crippen LogP contribution in [0.2, 0.25) is 0 Å². The minimum Gasteiger partial charge on any atom is -0.368 e. The van der Waals surface area contributed by atoms with Gasteiger partial charge in [-0.3, -0.25) is 9.69 Å². The molecular formula is C10H21N3O. The van der Waals surface area contributed by atoms with E-state index in [0.29, 0.717) is 0 Å². The number of primary amides is 1. The fraction of sp³-hybridized carbons (Fsp3) is 0.900. The second-order valence-corrected chi connectivity index (χ2v) is 3.80. The molecule has 1 heterocycles. The third-order valence-corrected chi connectivity index (χ3v) is 2.77. The third-order valence-electron chi connectivity index (χ3n) is 2.77. The molecule has 3 N–H and O–H groups in total. The Morgan fingerprint density at radius 3 is 3.00 bits per heavy atom. The first-order valence-electron chi connectivity index (χ1n) is 5.49. The Morgan fingerprint density at radius 2 is 2.36 bits per heavy atom. The Kier molecular flexibility index (Phi) is 4.90. The van der Waals surface area contributed by atoms with Gasteiger partial charge in [0.2, 0.25) is 5.91 Å². The Hall–Kier alpha value is -0.610. The topological polar surface area (TPSA) is 58.4 Å². The molecular weight excluding hydrogens is 178 g/mol. The van der Waals surface area contributed by atoms with Crippen LogP contribution in [0.4, 0.5) is 0 Å². The molecule has 0 saturated carbocycles. The number of carbonyl (C=O) groups is 1. The summed E-state index contributed by atoms with van der Waals surface area (Å²) in [7, 11) is 0. The minimum atomic E-state index is -0.166. The fourth-order valence-electron chi connectivity index (χ4n) is 1.98. The van der Waals surface area contributed by atoms with Crippen molar-refractivity contribution in [3.8, 4) is 0 Å². The monoisotopic (exact) mass is 199 g/mol. The lowest BCUT2D eigenvalue weighted by atomic mass is 10.0. The van der Waals surface area contributed by atoms with E-state index >= 15 is 0 Å². The standard InChI is InChI=1S/C10H21N3O/c1-2-12-6-8-13-7-4-3-5-9(13)10(11)14/h9,12H,2-8H2,1H3,(H2,11,14). The molecule has 1 fully saturated rings. The number of hydrogen-bond donors (Lipinski definition) is 2. The van der Waals surface area contributed by atoms with Crippen LogP contribution >= 0.6 is 0 Å². The maximum absolute atomic E-state index is 11.2. The number of likely N-dealkylation sites (tertiary alicyclic amines) is 1. The van der Waals surface area contributed by atoms with Crippen LogP contribution in [0.15, 0.2) is 0 Å². The summed E-state index contributed by atoms with van der Waals surface area (Å²) in [6, 6.07) is -0.0255. The van der Waals surface area contributed by atoms with Crippen LogP contribution in [0.25, 0.3) is 0 Å². The maximum Gasteiger partial charge on any atom is 0.234 e. The number of rotatable bonds is 5. The van der Waals surface area contributed by atoms with E-state index < -0.39 is 0 Å². The van der Waals surface area contributed by atoms with Crippen molar-refractivity contribution < 1.29 is 4.79 Å². The van der Waals surface area contributed by atoms with Gasteiger partial charge in [-0.25, -0.2) is 0 Å². The van der Waals surface area contributed by atoms with Gasteiger partial charge >= 0.3 is 0 Å². The van der Waals surface area contributed by atoms with Crippen molar-refractivity contribution in [1.82, 2.24) is 10.2 Å². The average molecular weight is 199 g/mol. The van der Waals surface area contributed by atoms with Crippen molar-refractivity contribution in [2.45, 2.75) is 32.2 Å². The molecule has 1 aliphatic rings. The van der Waals surface area contributed by atoms with Crippen LogP contribution in [-0.2, 0) is 4.79 Å². The van der Waals surface area contributed by atoms with Crippen LogP contribution in [-0.4, -0.2) is 43.0 Å². The van der Waals surface area contributed by atoms with Crippen LogP contribution in [0.1, 0.15) is 26.2 Å². The number of amides is 1. The molecule has 14 heavy (non-hydrogen) atoms. The molecule has 1 aliphatic heterocycles. The van der Waals surface area contributed by atoms with E-state index in [4.69, 9.17) is 5.73 Å². The highest BCUT2D eigenvalue weighted by Gasteiger charge is 2.25. The summed E-state index contributed by atoms with van der Waals surface area (Å²) < 4.78 is 0. The van der Waals surface area contributed by atoms with Gasteiger partial charge in [0, 0.05) is 13.1 Å². The molecule has 1 unspecified atom stereocenters. The number of nitrogens with one attached hydrogen (secondary N) is 1. The van der Waals surface area contributed by atoms with Gasteiger partial charge in [-0.15, -0.1) is 0 Å². The Labute approximate surface area is 85.8 Å². The van der Waals surface area contributed by atoms with E-state index in [1.165, 1.54) is 6.42 Å². The summed E-state index contributed by atoms with van der Waals surface area (Å²) in [6.45, 7) is 5.96. The van der Waals surface area contributed by atoms with E-state index in [-0.39, 0.29) is 11.9 Å². The normalized spacial score (nSPS) is 23.6. The van der Waals surface area contributed by atoms with Gasteiger partial charge in [-0.1, -0.05) is 13.3 Å². The van der Waals surface area contributed by atoms with Crippen molar-refractivity contribution in [3.05, 3.63) is 0 Å². The molecule has 0 aliphatic carbocycles. The van der Waals surface area contributed by atoms with Crippen LogP contribution in [0, 0.1) is 0 Å². The fourth-order valence-corrected chi connectivity index (χ4v) is 1.98. The van der Waals surface area contributed by atoms with Crippen molar-refractivity contribution in [2.75, 3.05) is 26.2 Å². The van der Waals surface area contributed by atoms with Crippen LogP contribution in [0.5, 0.6) is 0 Å². The van der Waals surface area contributed by atoms with Crippen molar-refractivity contribution in [2.24, 2.45) is 5.73 Å². The van der Waals surface area contributed by atoms with Gasteiger partial charge in [0.25, 0.3) is 0 Å². The second-order valence-electron chi connectivity index (χ2n) is 3.80. The summed E-state index contributed by atoms with van der Waals surface area (Å²) in [5.41, 5.74) is 5.36. The van der Waals surface area contributed by atoms with E-state index in [1.54, 1.807) is 0 Å². The molecule has 0 aromatic rings. The van der Waals surface area contributed by atoms with Gasteiger partial charge in [0.1, 0.15) is 0 Å². The Bertz CT molecular complexity index is 184. The number of nitrogens with two attached hydrogens (primary N) is 1. The van der Waals surface area contributed by atoms with E-state index in [1.807, 2.05) is 0 Å².